The van der Waals surface area contributed by atoms with Crippen LogP contribution in [0.3, 0.4) is 0 Å². The van der Waals surface area contributed by atoms with E-state index in [1.165, 1.54) is 19.3 Å². The van der Waals surface area contributed by atoms with Gasteiger partial charge < -0.3 is 5.32 Å². The van der Waals surface area contributed by atoms with Crippen molar-refractivity contribution in [2.75, 3.05) is 7.05 Å². The van der Waals surface area contributed by atoms with Gasteiger partial charge in [-0.15, -0.1) is 5.10 Å². The number of nitrogens with one attached hydrogen (secondary N) is 2. The summed E-state index contributed by atoms with van der Waals surface area (Å²) >= 11 is 1.80. The van der Waals surface area contributed by atoms with Crippen molar-refractivity contribution < 1.29 is 0 Å². The molecule has 1 heterocycles. The van der Waals surface area contributed by atoms with E-state index in [9.17, 15) is 0 Å². The molecule has 2 unspecified atom stereocenters. The molecule has 0 aromatic carbocycles. The van der Waals surface area contributed by atoms with Gasteiger partial charge in [-0.25, -0.2) is 4.98 Å². The monoisotopic (exact) mass is 212 g/mol. The number of aromatic amines is 1. The molecule has 14 heavy (non-hydrogen) atoms. The van der Waals surface area contributed by atoms with Crippen molar-refractivity contribution in [1.82, 2.24) is 20.5 Å². The first kappa shape index (κ1) is 9.98. The number of hydrogen-bond acceptors (Lipinski definition) is 4. The molecule has 2 rings (SSSR count). The zero-order chi connectivity index (χ0) is 9.97. The van der Waals surface area contributed by atoms with Gasteiger partial charge in [0, 0.05) is 11.3 Å². The fourth-order valence-electron chi connectivity index (χ4n) is 1.83. The van der Waals surface area contributed by atoms with E-state index < -0.39 is 0 Å². The highest BCUT2D eigenvalue weighted by molar-refractivity contribution is 7.99. The highest BCUT2D eigenvalue weighted by Crippen LogP contribution is 2.32. The van der Waals surface area contributed by atoms with Gasteiger partial charge in [-0.3, -0.25) is 5.10 Å². The first-order valence-electron chi connectivity index (χ1n) is 5.01. The average molecular weight is 212 g/mol. The summed E-state index contributed by atoms with van der Waals surface area (Å²) in [7, 11) is 2.04. The van der Waals surface area contributed by atoms with Crippen LogP contribution in [0.15, 0.2) is 5.16 Å². The number of thioether (sulfide) groups is 1. The molecule has 1 aliphatic rings. The highest BCUT2D eigenvalue weighted by Gasteiger charge is 2.25. The van der Waals surface area contributed by atoms with Crippen LogP contribution in [0, 0.1) is 6.92 Å². The summed E-state index contributed by atoms with van der Waals surface area (Å²) < 4.78 is 0. The van der Waals surface area contributed by atoms with Crippen LogP contribution in [0.1, 0.15) is 25.1 Å². The topological polar surface area (TPSA) is 53.6 Å². The van der Waals surface area contributed by atoms with Gasteiger partial charge in [-0.05, 0) is 33.2 Å². The molecule has 2 N–H and O–H groups in total. The summed E-state index contributed by atoms with van der Waals surface area (Å²) in [4.78, 5) is 4.30. The molecule has 1 aliphatic carbocycles. The average Bonchev–Trinajstić information content (AvgIpc) is 2.76. The number of H-pyrrole nitrogens is 1. The summed E-state index contributed by atoms with van der Waals surface area (Å²) in [5.41, 5.74) is 0. The van der Waals surface area contributed by atoms with Crippen LogP contribution in [0.5, 0.6) is 0 Å². The Morgan fingerprint density at radius 1 is 1.50 bits per heavy atom. The molecule has 4 nitrogen and oxygen atoms in total. The maximum atomic E-state index is 4.30. The fraction of sp³-hybridized carbons (Fsp3) is 0.778. The van der Waals surface area contributed by atoms with Crippen LogP contribution < -0.4 is 5.32 Å². The van der Waals surface area contributed by atoms with Crippen LogP contribution in [0.2, 0.25) is 0 Å². The summed E-state index contributed by atoms with van der Waals surface area (Å²) in [6, 6.07) is 0.688. The third-order valence-corrected chi connectivity index (χ3v) is 3.80. The second-order valence-electron chi connectivity index (χ2n) is 3.74. The molecule has 0 amide bonds. The Morgan fingerprint density at radius 3 is 2.93 bits per heavy atom. The van der Waals surface area contributed by atoms with Gasteiger partial charge in [-0.2, -0.15) is 0 Å². The predicted molar refractivity (Wildman–Crippen MR) is 57.5 cm³/mol. The molecule has 0 aliphatic heterocycles. The standard InChI is InChI=1S/C9H16N4S/c1-6-11-9(13-12-6)14-8-4-3-7(5-8)10-2/h7-8,10H,3-5H2,1-2H3,(H,11,12,13). The van der Waals surface area contributed by atoms with E-state index in [0.29, 0.717) is 11.3 Å². The van der Waals surface area contributed by atoms with Crippen molar-refractivity contribution in [2.45, 2.75) is 42.6 Å². The lowest BCUT2D eigenvalue weighted by Gasteiger charge is -2.07. The lowest BCUT2D eigenvalue weighted by Crippen LogP contribution is -2.21. The largest absolute Gasteiger partial charge is 0.317 e. The minimum atomic E-state index is 0.683. The normalized spacial score (nSPS) is 27.0. The molecule has 78 valence electrons. The molecule has 1 fully saturated rings. The van der Waals surface area contributed by atoms with Crippen molar-refractivity contribution in [3.05, 3.63) is 5.82 Å². The number of rotatable bonds is 3. The maximum absolute atomic E-state index is 4.30. The second kappa shape index (κ2) is 4.31. The second-order valence-corrected chi connectivity index (χ2v) is 5.01. The Balaban J connectivity index is 1.87. The molecule has 2 atom stereocenters. The van der Waals surface area contributed by atoms with E-state index in [-0.39, 0.29) is 0 Å². The molecule has 5 heteroatoms. The van der Waals surface area contributed by atoms with E-state index in [1.807, 2.05) is 14.0 Å². The number of aryl methyl sites for hydroxylation is 1. The van der Waals surface area contributed by atoms with Crippen molar-refractivity contribution in [3.8, 4) is 0 Å². The van der Waals surface area contributed by atoms with Crippen molar-refractivity contribution in [1.29, 1.82) is 0 Å². The maximum Gasteiger partial charge on any atom is 0.208 e. The molecular formula is C9H16N4S. The number of aromatic nitrogens is 3. The quantitative estimate of drug-likeness (QED) is 0.794. The first-order valence-corrected chi connectivity index (χ1v) is 5.89. The van der Waals surface area contributed by atoms with Crippen LogP contribution in [-0.2, 0) is 0 Å². The Morgan fingerprint density at radius 2 is 2.36 bits per heavy atom. The Labute approximate surface area is 88.3 Å². The smallest absolute Gasteiger partial charge is 0.208 e. The van der Waals surface area contributed by atoms with Crippen LogP contribution in [-0.4, -0.2) is 33.5 Å². The van der Waals surface area contributed by atoms with Gasteiger partial charge in [-0.1, -0.05) is 11.8 Å². The molecule has 0 spiro atoms. The molecule has 1 aromatic rings. The van der Waals surface area contributed by atoms with Crippen LogP contribution in [0.4, 0.5) is 0 Å². The SMILES string of the molecule is CNC1CCC(Sc2n[nH]c(C)n2)C1. The Hall–Kier alpha value is -0.550. The van der Waals surface area contributed by atoms with Crippen LogP contribution >= 0.6 is 11.8 Å². The molecular weight excluding hydrogens is 196 g/mol. The van der Waals surface area contributed by atoms with Crippen molar-refractivity contribution >= 4 is 11.8 Å². The minimum Gasteiger partial charge on any atom is -0.317 e. The zero-order valence-corrected chi connectivity index (χ0v) is 9.40. The highest BCUT2D eigenvalue weighted by atomic mass is 32.2. The van der Waals surface area contributed by atoms with Crippen LogP contribution in [0.25, 0.3) is 0 Å². The van der Waals surface area contributed by atoms with Gasteiger partial charge >= 0.3 is 0 Å². The Kier molecular flexibility index (Phi) is 3.08. The first-order chi connectivity index (χ1) is 6.78. The minimum absolute atomic E-state index is 0.683. The summed E-state index contributed by atoms with van der Waals surface area (Å²) in [5, 5.41) is 11.9. The van der Waals surface area contributed by atoms with Gasteiger partial charge in [0.2, 0.25) is 5.16 Å². The van der Waals surface area contributed by atoms with Crippen molar-refractivity contribution in [3.63, 3.8) is 0 Å². The van der Waals surface area contributed by atoms with E-state index in [4.69, 9.17) is 0 Å². The predicted octanol–water partition coefficient (Wildman–Crippen LogP) is 1.35. The van der Waals surface area contributed by atoms with Gasteiger partial charge in [0.1, 0.15) is 5.82 Å². The van der Waals surface area contributed by atoms with E-state index in [0.717, 1.165) is 11.0 Å². The van der Waals surface area contributed by atoms with E-state index in [2.05, 4.69) is 20.5 Å². The van der Waals surface area contributed by atoms with E-state index >= 15 is 0 Å². The molecule has 0 radical (unpaired) electrons. The van der Waals surface area contributed by atoms with E-state index in [1.54, 1.807) is 11.8 Å². The van der Waals surface area contributed by atoms with Gasteiger partial charge in [0.15, 0.2) is 0 Å². The van der Waals surface area contributed by atoms with Crippen molar-refractivity contribution in [2.24, 2.45) is 0 Å². The van der Waals surface area contributed by atoms with Gasteiger partial charge in [0.25, 0.3) is 0 Å². The zero-order valence-electron chi connectivity index (χ0n) is 8.58. The fourth-order valence-corrected chi connectivity index (χ4v) is 3.00. The summed E-state index contributed by atoms with van der Waals surface area (Å²) in [5.74, 6) is 0.899. The lowest BCUT2D eigenvalue weighted by molar-refractivity contribution is 0.583. The molecule has 0 bridgehead atoms. The Bertz CT molecular complexity index is 299. The lowest BCUT2D eigenvalue weighted by atomic mass is 10.3. The van der Waals surface area contributed by atoms with Gasteiger partial charge in [0.05, 0.1) is 0 Å². The molecule has 1 saturated carbocycles. The molecule has 1 aromatic heterocycles. The third-order valence-electron chi connectivity index (χ3n) is 2.64. The molecule has 0 saturated heterocycles. The third kappa shape index (κ3) is 2.27. The number of hydrogen-bond donors (Lipinski definition) is 2. The summed E-state index contributed by atoms with van der Waals surface area (Å²) in [6.07, 6.45) is 3.77. The number of nitrogens with zero attached hydrogens (tertiary/aromatic N) is 2. The summed E-state index contributed by atoms with van der Waals surface area (Å²) in [6.45, 7) is 1.93.